The van der Waals surface area contributed by atoms with Crippen molar-refractivity contribution < 1.29 is 14.3 Å². The van der Waals surface area contributed by atoms with Crippen molar-refractivity contribution in [3.8, 4) is 0 Å². The van der Waals surface area contributed by atoms with Gasteiger partial charge in [0, 0.05) is 44.9 Å². The van der Waals surface area contributed by atoms with E-state index in [9.17, 15) is 9.59 Å². The summed E-state index contributed by atoms with van der Waals surface area (Å²) in [6.45, 7) is 6.42. The van der Waals surface area contributed by atoms with Crippen LogP contribution in [-0.4, -0.2) is 73.1 Å². The Balaban J connectivity index is 1.35. The minimum atomic E-state index is -0.0787. The van der Waals surface area contributed by atoms with Crippen LogP contribution in [0.4, 0.5) is 0 Å². The van der Waals surface area contributed by atoms with Crippen molar-refractivity contribution in [3.63, 3.8) is 0 Å². The van der Waals surface area contributed by atoms with Crippen LogP contribution in [0.3, 0.4) is 0 Å². The molecular formula is C25H37N3O3. The molecule has 3 fully saturated rings. The van der Waals surface area contributed by atoms with Gasteiger partial charge in [-0.3, -0.25) is 14.5 Å². The molecule has 1 aromatic rings. The standard InChI is InChI=1S/C25H37N3O3/c1-2-19-9-11-21(12-10-19)25(30)28-15-13-27(14-16-28)23(20-6-3-4-7-20)24(29)26-18-22-8-5-17-31-22/h9-12,20,22-23H,2-8,13-18H2,1H3,(H,26,29). The summed E-state index contributed by atoms with van der Waals surface area (Å²) in [6, 6.07) is 7.88. The van der Waals surface area contributed by atoms with Gasteiger partial charge in [0.05, 0.1) is 12.1 Å². The monoisotopic (exact) mass is 427 g/mol. The van der Waals surface area contributed by atoms with Crippen LogP contribution >= 0.6 is 0 Å². The second-order valence-corrected chi connectivity index (χ2v) is 9.25. The molecule has 1 aliphatic carbocycles. The first-order valence-corrected chi connectivity index (χ1v) is 12.2. The van der Waals surface area contributed by atoms with Gasteiger partial charge in [-0.25, -0.2) is 0 Å². The maximum Gasteiger partial charge on any atom is 0.253 e. The number of aryl methyl sites for hydroxylation is 1. The van der Waals surface area contributed by atoms with E-state index < -0.39 is 0 Å². The Morgan fingerprint density at radius 1 is 1.03 bits per heavy atom. The minimum absolute atomic E-state index is 0.0787. The molecule has 170 valence electrons. The van der Waals surface area contributed by atoms with Crippen molar-refractivity contribution in [2.24, 2.45) is 5.92 Å². The number of rotatable bonds is 7. The highest BCUT2D eigenvalue weighted by Gasteiger charge is 2.37. The maximum absolute atomic E-state index is 13.2. The third-order valence-electron chi connectivity index (χ3n) is 7.25. The van der Waals surface area contributed by atoms with Gasteiger partial charge in [0.2, 0.25) is 5.91 Å². The quantitative estimate of drug-likeness (QED) is 0.727. The molecule has 1 aromatic carbocycles. The van der Waals surface area contributed by atoms with Gasteiger partial charge >= 0.3 is 0 Å². The average molecular weight is 428 g/mol. The number of nitrogens with zero attached hydrogens (tertiary/aromatic N) is 2. The van der Waals surface area contributed by atoms with Crippen LogP contribution in [-0.2, 0) is 16.0 Å². The van der Waals surface area contributed by atoms with Gasteiger partial charge in [0.15, 0.2) is 0 Å². The number of nitrogens with one attached hydrogen (secondary N) is 1. The molecule has 1 saturated carbocycles. The van der Waals surface area contributed by atoms with Crippen LogP contribution in [0.2, 0.25) is 0 Å². The largest absolute Gasteiger partial charge is 0.376 e. The van der Waals surface area contributed by atoms with Crippen molar-refractivity contribution in [1.82, 2.24) is 15.1 Å². The zero-order valence-electron chi connectivity index (χ0n) is 18.9. The maximum atomic E-state index is 13.2. The topological polar surface area (TPSA) is 61.9 Å². The summed E-state index contributed by atoms with van der Waals surface area (Å²) >= 11 is 0. The summed E-state index contributed by atoms with van der Waals surface area (Å²) in [5.41, 5.74) is 2.00. The van der Waals surface area contributed by atoms with Gasteiger partial charge in [-0.1, -0.05) is 31.9 Å². The highest BCUT2D eigenvalue weighted by molar-refractivity contribution is 5.94. The molecule has 0 aromatic heterocycles. The molecule has 0 spiro atoms. The van der Waals surface area contributed by atoms with Crippen LogP contribution in [0.5, 0.6) is 0 Å². The van der Waals surface area contributed by atoms with Crippen molar-refractivity contribution in [1.29, 1.82) is 0 Å². The second kappa shape index (κ2) is 10.6. The van der Waals surface area contributed by atoms with Crippen LogP contribution < -0.4 is 5.32 Å². The summed E-state index contributed by atoms with van der Waals surface area (Å²) in [4.78, 5) is 30.4. The Morgan fingerprint density at radius 2 is 1.74 bits per heavy atom. The molecule has 2 unspecified atom stereocenters. The van der Waals surface area contributed by atoms with E-state index in [1.807, 2.05) is 29.2 Å². The first-order valence-electron chi connectivity index (χ1n) is 12.2. The lowest BCUT2D eigenvalue weighted by Crippen LogP contribution is -2.58. The van der Waals surface area contributed by atoms with Crippen LogP contribution in [0.25, 0.3) is 0 Å². The van der Waals surface area contributed by atoms with E-state index in [1.54, 1.807) is 0 Å². The van der Waals surface area contributed by atoms with E-state index in [0.29, 0.717) is 25.6 Å². The van der Waals surface area contributed by atoms with Gasteiger partial charge in [-0.05, 0) is 55.7 Å². The third kappa shape index (κ3) is 5.47. The molecule has 0 radical (unpaired) electrons. The lowest BCUT2D eigenvalue weighted by molar-refractivity contribution is -0.129. The minimum Gasteiger partial charge on any atom is -0.376 e. The SMILES string of the molecule is CCc1ccc(C(=O)N2CCN(C(C(=O)NCC3CCCO3)C3CCCC3)CC2)cc1. The molecule has 1 N–H and O–H groups in total. The second-order valence-electron chi connectivity index (χ2n) is 9.25. The Bertz CT molecular complexity index is 731. The molecule has 4 rings (SSSR count). The van der Waals surface area contributed by atoms with Gasteiger partial charge in [0.1, 0.15) is 0 Å². The van der Waals surface area contributed by atoms with E-state index in [1.165, 1.54) is 18.4 Å². The number of piperazine rings is 1. The van der Waals surface area contributed by atoms with Gasteiger partial charge in [-0.2, -0.15) is 0 Å². The van der Waals surface area contributed by atoms with Crippen LogP contribution in [0, 0.1) is 5.92 Å². The normalized spacial score (nSPS) is 23.8. The zero-order chi connectivity index (χ0) is 21.6. The molecule has 2 atom stereocenters. The Morgan fingerprint density at radius 3 is 2.35 bits per heavy atom. The molecule has 31 heavy (non-hydrogen) atoms. The summed E-state index contributed by atoms with van der Waals surface area (Å²) in [5, 5.41) is 3.18. The van der Waals surface area contributed by atoms with Gasteiger partial charge in [-0.15, -0.1) is 0 Å². The van der Waals surface area contributed by atoms with Crippen LogP contribution in [0.1, 0.15) is 61.4 Å². The highest BCUT2D eigenvalue weighted by atomic mass is 16.5. The Kier molecular flexibility index (Phi) is 7.62. The molecule has 0 bridgehead atoms. The number of carbonyl (C=O) groups is 2. The van der Waals surface area contributed by atoms with Gasteiger partial charge in [0.25, 0.3) is 5.91 Å². The highest BCUT2D eigenvalue weighted by Crippen LogP contribution is 2.31. The lowest BCUT2D eigenvalue weighted by atomic mass is 9.94. The first-order chi connectivity index (χ1) is 15.2. The van der Waals surface area contributed by atoms with Gasteiger partial charge < -0.3 is 15.0 Å². The third-order valence-corrected chi connectivity index (χ3v) is 7.25. The number of amides is 2. The smallest absolute Gasteiger partial charge is 0.253 e. The summed E-state index contributed by atoms with van der Waals surface area (Å²) in [5.74, 6) is 0.674. The Hall–Kier alpha value is -1.92. The molecular weight excluding hydrogens is 390 g/mol. The fraction of sp³-hybridized carbons (Fsp3) is 0.680. The zero-order valence-corrected chi connectivity index (χ0v) is 18.9. The molecule has 3 aliphatic rings. The number of carbonyl (C=O) groups excluding carboxylic acids is 2. The number of hydrogen-bond acceptors (Lipinski definition) is 4. The molecule has 2 amide bonds. The fourth-order valence-electron chi connectivity index (χ4n) is 5.34. The Labute approximate surface area is 186 Å². The van der Waals surface area contributed by atoms with E-state index in [4.69, 9.17) is 4.74 Å². The van der Waals surface area contributed by atoms with E-state index in [0.717, 1.165) is 57.4 Å². The van der Waals surface area contributed by atoms with Crippen molar-refractivity contribution in [3.05, 3.63) is 35.4 Å². The van der Waals surface area contributed by atoms with E-state index in [2.05, 4.69) is 17.1 Å². The number of ether oxygens (including phenoxy) is 1. The summed E-state index contributed by atoms with van der Waals surface area (Å²) in [6.07, 6.45) is 7.95. The predicted molar refractivity (Wildman–Crippen MR) is 121 cm³/mol. The molecule has 6 nitrogen and oxygen atoms in total. The lowest BCUT2D eigenvalue weighted by Gasteiger charge is -2.41. The summed E-state index contributed by atoms with van der Waals surface area (Å²) in [7, 11) is 0. The first kappa shape index (κ1) is 22.3. The summed E-state index contributed by atoms with van der Waals surface area (Å²) < 4.78 is 5.68. The van der Waals surface area contributed by atoms with Crippen LogP contribution in [0.15, 0.2) is 24.3 Å². The average Bonchev–Trinajstić information content (AvgIpc) is 3.53. The van der Waals surface area contributed by atoms with E-state index in [-0.39, 0.29) is 24.0 Å². The van der Waals surface area contributed by atoms with Crippen molar-refractivity contribution in [2.75, 3.05) is 39.3 Å². The van der Waals surface area contributed by atoms with Crippen molar-refractivity contribution in [2.45, 2.75) is 64.0 Å². The fourth-order valence-corrected chi connectivity index (χ4v) is 5.34. The number of hydrogen-bond donors (Lipinski definition) is 1. The van der Waals surface area contributed by atoms with E-state index >= 15 is 0 Å². The number of benzene rings is 1. The molecule has 2 saturated heterocycles. The molecule has 2 aliphatic heterocycles. The molecule has 2 heterocycles. The predicted octanol–water partition coefficient (Wildman–Crippen LogP) is 2.86. The molecule has 6 heteroatoms. The van der Waals surface area contributed by atoms with Crippen molar-refractivity contribution >= 4 is 11.8 Å².